The Morgan fingerprint density at radius 1 is 1.55 bits per heavy atom. The van der Waals surface area contributed by atoms with E-state index < -0.39 is 5.79 Å². The normalized spacial score (nSPS) is 33.2. The lowest BCUT2D eigenvalue weighted by Gasteiger charge is -2.19. The molecule has 0 aromatic heterocycles. The van der Waals surface area contributed by atoms with E-state index in [0.29, 0.717) is 0 Å². The van der Waals surface area contributed by atoms with Gasteiger partial charge in [-0.25, -0.2) is 15.0 Å². The summed E-state index contributed by atoms with van der Waals surface area (Å²) in [5.41, 5.74) is 5.71. The standard InChI is InChI=1S/C5H5N5O/c6-5-3(7-1-9-5)4(11)8-2-10-5/h1-2H,6H2,(H,8,10,11). The van der Waals surface area contributed by atoms with Gasteiger partial charge in [0.1, 0.15) is 6.34 Å². The summed E-state index contributed by atoms with van der Waals surface area (Å²) in [4.78, 5) is 22.2. The summed E-state index contributed by atoms with van der Waals surface area (Å²) in [6, 6.07) is 0. The zero-order valence-corrected chi connectivity index (χ0v) is 5.48. The maximum atomic E-state index is 11.0. The molecule has 0 saturated carbocycles. The van der Waals surface area contributed by atoms with Crippen molar-refractivity contribution in [3.05, 3.63) is 0 Å². The quantitative estimate of drug-likeness (QED) is 0.429. The van der Waals surface area contributed by atoms with Crippen LogP contribution in [-0.4, -0.2) is 30.1 Å². The number of amides is 1. The van der Waals surface area contributed by atoms with E-state index in [2.05, 4.69) is 20.3 Å². The van der Waals surface area contributed by atoms with Gasteiger partial charge in [-0.15, -0.1) is 0 Å². The third-order valence-electron chi connectivity index (χ3n) is 1.46. The van der Waals surface area contributed by atoms with Gasteiger partial charge in [0.25, 0.3) is 11.7 Å². The Morgan fingerprint density at radius 3 is 3.09 bits per heavy atom. The zero-order chi connectivity index (χ0) is 7.90. The molecule has 1 unspecified atom stereocenters. The lowest BCUT2D eigenvalue weighted by Crippen LogP contribution is -2.53. The van der Waals surface area contributed by atoms with Crippen LogP contribution in [0.3, 0.4) is 0 Å². The Morgan fingerprint density at radius 2 is 2.36 bits per heavy atom. The molecule has 0 aromatic rings. The minimum Gasteiger partial charge on any atom is -0.312 e. The highest BCUT2D eigenvalue weighted by Crippen LogP contribution is 2.14. The van der Waals surface area contributed by atoms with Gasteiger partial charge in [-0.1, -0.05) is 0 Å². The molecule has 6 heteroatoms. The number of rotatable bonds is 0. The van der Waals surface area contributed by atoms with Crippen LogP contribution >= 0.6 is 0 Å². The van der Waals surface area contributed by atoms with Crippen molar-refractivity contribution in [1.82, 2.24) is 5.32 Å². The molecule has 2 heterocycles. The second-order valence-electron chi connectivity index (χ2n) is 2.18. The number of fused-ring (bicyclic) bond motifs is 1. The second-order valence-corrected chi connectivity index (χ2v) is 2.18. The zero-order valence-electron chi connectivity index (χ0n) is 5.48. The number of nitrogens with two attached hydrogens (primary N) is 1. The van der Waals surface area contributed by atoms with Crippen molar-refractivity contribution < 1.29 is 4.79 Å². The molecule has 56 valence electrons. The number of aliphatic imine (C=N–C) groups is 3. The average molecular weight is 151 g/mol. The minimum absolute atomic E-state index is 0.139. The molecule has 0 radical (unpaired) electrons. The van der Waals surface area contributed by atoms with Crippen molar-refractivity contribution >= 4 is 24.3 Å². The van der Waals surface area contributed by atoms with Crippen molar-refractivity contribution in [3.8, 4) is 0 Å². The highest BCUT2D eigenvalue weighted by Gasteiger charge is 2.39. The number of carbonyl (C=O) groups excluding carboxylic acids is 1. The summed E-state index contributed by atoms with van der Waals surface area (Å²) < 4.78 is 0. The number of hydrogen-bond donors (Lipinski definition) is 2. The lowest BCUT2D eigenvalue weighted by molar-refractivity contribution is -0.113. The molecule has 2 aliphatic rings. The van der Waals surface area contributed by atoms with Gasteiger partial charge < -0.3 is 5.32 Å². The smallest absolute Gasteiger partial charge is 0.276 e. The molecule has 11 heavy (non-hydrogen) atoms. The van der Waals surface area contributed by atoms with Crippen molar-refractivity contribution in [2.24, 2.45) is 20.7 Å². The van der Waals surface area contributed by atoms with Crippen molar-refractivity contribution in [1.29, 1.82) is 0 Å². The molecular formula is C5H5N5O. The summed E-state index contributed by atoms with van der Waals surface area (Å²) >= 11 is 0. The van der Waals surface area contributed by atoms with Gasteiger partial charge >= 0.3 is 0 Å². The fourth-order valence-electron chi connectivity index (χ4n) is 0.909. The van der Waals surface area contributed by atoms with Crippen LogP contribution in [0.25, 0.3) is 0 Å². The first-order valence-electron chi connectivity index (χ1n) is 2.98. The molecule has 6 nitrogen and oxygen atoms in total. The number of hydrogen-bond acceptors (Lipinski definition) is 5. The van der Waals surface area contributed by atoms with Crippen LogP contribution in [0.2, 0.25) is 0 Å². The van der Waals surface area contributed by atoms with Crippen LogP contribution in [0.4, 0.5) is 0 Å². The van der Waals surface area contributed by atoms with E-state index in [1.807, 2.05) is 0 Å². The Hall–Kier alpha value is -1.56. The van der Waals surface area contributed by atoms with E-state index in [-0.39, 0.29) is 11.6 Å². The van der Waals surface area contributed by atoms with Crippen molar-refractivity contribution in [2.45, 2.75) is 5.79 Å². The molecule has 1 atom stereocenters. The molecule has 0 saturated heterocycles. The third-order valence-corrected chi connectivity index (χ3v) is 1.46. The largest absolute Gasteiger partial charge is 0.312 e. The maximum absolute atomic E-state index is 11.0. The van der Waals surface area contributed by atoms with E-state index in [1.54, 1.807) is 0 Å². The first-order valence-corrected chi connectivity index (χ1v) is 2.98. The van der Waals surface area contributed by atoms with Gasteiger partial charge in [0.05, 0.1) is 6.34 Å². The maximum Gasteiger partial charge on any atom is 0.276 e. The number of nitrogens with zero attached hydrogens (tertiary/aromatic N) is 3. The molecular weight excluding hydrogens is 146 g/mol. The van der Waals surface area contributed by atoms with Crippen molar-refractivity contribution in [2.75, 3.05) is 0 Å². The number of nitrogens with one attached hydrogen (secondary N) is 1. The van der Waals surface area contributed by atoms with E-state index in [4.69, 9.17) is 5.73 Å². The highest BCUT2D eigenvalue weighted by atomic mass is 16.2. The third kappa shape index (κ3) is 0.695. The van der Waals surface area contributed by atoms with Crippen LogP contribution < -0.4 is 11.1 Å². The van der Waals surface area contributed by atoms with Gasteiger partial charge in [0.2, 0.25) is 0 Å². The molecule has 3 N–H and O–H groups in total. The Bertz CT molecular complexity index is 304. The Balaban J connectivity index is 2.52. The predicted octanol–water partition coefficient (Wildman–Crippen LogP) is -1.76. The summed E-state index contributed by atoms with van der Waals surface area (Å²) in [5.74, 6) is -1.61. The van der Waals surface area contributed by atoms with Gasteiger partial charge in [-0.05, 0) is 0 Å². The highest BCUT2D eigenvalue weighted by molar-refractivity contribution is 6.46. The topological polar surface area (TPSA) is 92.2 Å². The summed E-state index contributed by atoms with van der Waals surface area (Å²) in [6.45, 7) is 0. The predicted molar refractivity (Wildman–Crippen MR) is 39.5 cm³/mol. The molecule has 0 spiro atoms. The molecule has 2 aliphatic heterocycles. The average Bonchev–Trinajstić information content (AvgIpc) is 2.31. The summed E-state index contributed by atoms with van der Waals surface area (Å²) in [6.07, 6.45) is 2.46. The van der Waals surface area contributed by atoms with Gasteiger partial charge in [0, 0.05) is 0 Å². The van der Waals surface area contributed by atoms with Gasteiger partial charge in [-0.3, -0.25) is 10.5 Å². The molecule has 0 aromatic carbocycles. The van der Waals surface area contributed by atoms with Crippen LogP contribution in [0, 0.1) is 0 Å². The van der Waals surface area contributed by atoms with Crippen LogP contribution in [0.15, 0.2) is 15.0 Å². The molecule has 0 fully saturated rings. The monoisotopic (exact) mass is 151 g/mol. The van der Waals surface area contributed by atoms with E-state index in [1.165, 1.54) is 12.7 Å². The molecule has 2 rings (SSSR count). The van der Waals surface area contributed by atoms with Gasteiger partial charge in [-0.2, -0.15) is 0 Å². The van der Waals surface area contributed by atoms with Crippen LogP contribution in [0.5, 0.6) is 0 Å². The first kappa shape index (κ1) is 6.17. The fourth-order valence-corrected chi connectivity index (χ4v) is 0.909. The first-order chi connectivity index (χ1) is 5.22. The van der Waals surface area contributed by atoms with Gasteiger partial charge in [0.15, 0.2) is 5.71 Å². The fraction of sp³-hybridized carbons (Fsp3) is 0.200. The van der Waals surface area contributed by atoms with E-state index in [0.717, 1.165) is 0 Å². The second kappa shape index (κ2) is 1.73. The number of carbonyl (C=O) groups is 1. The van der Waals surface area contributed by atoms with E-state index in [9.17, 15) is 4.79 Å². The molecule has 0 bridgehead atoms. The SMILES string of the molecule is NC12N=CN=C1C(=O)NC=N2. The van der Waals surface area contributed by atoms with Crippen molar-refractivity contribution in [3.63, 3.8) is 0 Å². The Kier molecular flexibility index (Phi) is 0.970. The molecule has 1 amide bonds. The summed E-state index contributed by atoms with van der Waals surface area (Å²) in [5, 5.41) is 2.36. The lowest BCUT2D eigenvalue weighted by atomic mass is 10.2. The Labute approximate surface area is 61.9 Å². The summed E-state index contributed by atoms with van der Waals surface area (Å²) in [7, 11) is 0. The van der Waals surface area contributed by atoms with Crippen LogP contribution in [0.1, 0.15) is 0 Å². The van der Waals surface area contributed by atoms with Crippen LogP contribution in [-0.2, 0) is 4.79 Å². The van der Waals surface area contributed by atoms with E-state index >= 15 is 0 Å². The minimum atomic E-state index is -1.26. The molecule has 0 aliphatic carbocycles.